The first-order valence-electron chi connectivity index (χ1n) is 7.81. The van der Waals surface area contributed by atoms with Crippen LogP contribution in [0.15, 0.2) is 36.5 Å². The lowest BCUT2D eigenvalue weighted by Crippen LogP contribution is -2.43. The number of rotatable bonds is 3. The highest BCUT2D eigenvalue weighted by Crippen LogP contribution is 2.32. The number of benzene rings is 1. The summed E-state index contributed by atoms with van der Waals surface area (Å²) < 4.78 is 5.30. The van der Waals surface area contributed by atoms with Crippen LogP contribution in [0.25, 0.3) is 0 Å². The molecule has 25 heavy (non-hydrogen) atoms. The lowest BCUT2D eigenvalue weighted by molar-refractivity contribution is -0.126. The Morgan fingerprint density at radius 1 is 1.32 bits per heavy atom. The maximum Gasteiger partial charge on any atom is 0.340 e. The van der Waals surface area contributed by atoms with Crippen molar-refractivity contribution in [2.45, 2.75) is 32.4 Å². The molecule has 0 aliphatic carbocycles. The summed E-state index contributed by atoms with van der Waals surface area (Å²) >= 11 is 11.6. The number of pyridine rings is 1. The predicted molar refractivity (Wildman–Crippen MR) is 96.2 cm³/mol. The minimum absolute atomic E-state index is 0.0118. The largest absolute Gasteiger partial charge is 0.449 e. The number of hydrogen-bond donors (Lipinski definition) is 0. The maximum atomic E-state index is 12.8. The average molecular weight is 379 g/mol. The molecule has 0 saturated carbocycles. The van der Waals surface area contributed by atoms with Crippen molar-refractivity contribution in [3.05, 3.63) is 57.8 Å². The van der Waals surface area contributed by atoms with E-state index >= 15 is 0 Å². The first kappa shape index (κ1) is 17.7. The number of fused-ring (bicyclic) bond motifs is 1. The van der Waals surface area contributed by atoms with Crippen molar-refractivity contribution in [2.24, 2.45) is 0 Å². The van der Waals surface area contributed by atoms with Crippen LogP contribution in [-0.2, 0) is 16.0 Å². The summed E-state index contributed by atoms with van der Waals surface area (Å²) in [5.41, 5.74) is 2.11. The number of amides is 1. The Morgan fingerprint density at radius 3 is 2.76 bits per heavy atom. The van der Waals surface area contributed by atoms with E-state index in [2.05, 4.69) is 4.98 Å². The topological polar surface area (TPSA) is 59.5 Å². The van der Waals surface area contributed by atoms with Gasteiger partial charge in [0.2, 0.25) is 0 Å². The van der Waals surface area contributed by atoms with Crippen LogP contribution in [0, 0.1) is 0 Å². The Balaban J connectivity index is 1.75. The van der Waals surface area contributed by atoms with E-state index in [1.54, 1.807) is 11.8 Å². The minimum atomic E-state index is -0.935. The van der Waals surface area contributed by atoms with Gasteiger partial charge in [-0.05, 0) is 38.0 Å². The van der Waals surface area contributed by atoms with Gasteiger partial charge in [-0.15, -0.1) is 0 Å². The van der Waals surface area contributed by atoms with E-state index in [1.165, 1.54) is 12.3 Å². The van der Waals surface area contributed by atoms with Crippen LogP contribution in [0.3, 0.4) is 0 Å². The molecule has 0 radical (unpaired) electrons. The fourth-order valence-corrected chi connectivity index (χ4v) is 3.18. The average Bonchev–Trinajstić information content (AvgIpc) is 2.92. The predicted octanol–water partition coefficient (Wildman–Crippen LogP) is 3.91. The third kappa shape index (κ3) is 3.48. The van der Waals surface area contributed by atoms with Crippen molar-refractivity contribution in [2.75, 3.05) is 4.90 Å². The normalized spacial score (nSPS) is 17.1. The highest BCUT2D eigenvalue weighted by atomic mass is 35.5. The number of esters is 1. The fraction of sp³-hybridized carbons (Fsp3) is 0.278. The van der Waals surface area contributed by atoms with Crippen LogP contribution in [-0.4, -0.2) is 29.0 Å². The molecule has 130 valence electrons. The van der Waals surface area contributed by atoms with Gasteiger partial charge in [0.15, 0.2) is 6.10 Å². The summed E-state index contributed by atoms with van der Waals surface area (Å²) in [4.78, 5) is 30.5. The number of carbonyl (C=O) groups is 2. The summed E-state index contributed by atoms with van der Waals surface area (Å²) in [6.45, 7) is 3.52. The van der Waals surface area contributed by atoms with Crippen LogP contribution < -0.4 is 4.90 Å². The molecule has 7 heteroatoms. The van der Waals surface area contributed by atoms with Crippen LogP contribution >= 0.6 is 23.2 Å². The molecule has 2 atom stereocenters. The summed E-state index contributed by atoms with van der Waals surface area (Å²) in [5, 5.41) is 0.252. The van der Waals surface area contributed by atoms with E-state index in [9.17, 15) is 9.59 Å². The minimum Gasteiger partial charge on any atom is -0.449 e. The van der Waals surface area contributed by atoms with Crippen molar-refractivity contribution >= 4 is 40.8 Å². The molecule has 1 amide bonds. The molecular weight excluding hydrogens is 363 g/mol. The summed E-state index contributed by atoms with van der Waals surface area (Å²) in [6.07, 6.45) is 1.11. The highest BCUT2D eigenvalue weighted by molar-refractivity contribution is 6.41. The number of carbonyl (C=O) groups excluding carboxylic acids is 2. The molecule has 0 saturated heterocycles. The van der Waals surface area contributed by atoms with Crippen molar-refractivity contribution in [1.82, 2.24) is 4.98 Å². The third-order valence-electron chi connectivity index (χ3n) is 4.11. The molecule has 5 nitrogen and oxygen atoms in total. The molecule has 1 aromatic heterocycles. The monoisotopic (exact) mass is 378 g/mol. The van der Waals surface area contributed by atoms with Gasteiger partial charge in [-0.25, -0.2) is 9.78 Å². The van der Waals surface area contributed by atoms with E-state index in [-0.39, 0.29) is 27.7 Å². The zero-order chi connectivity index (χ0) is 18.1. The zero-order valence-corrected chi connectivity index (χ0v) is 15.2. The van der Waals surface area contributed by atoms with Crippen molar-refractivity contribution in [3.63, 3.8) is 0 Å². The number of aromatic nitrogens is 1. The van der Waals surface area contributed by atoms with E-state index in [0.717, 1.165) is 17.7 Å². The maximum absolute atomic E-state index is 12.8. The number of para-hydroxylation sites is 1. The van der Waals surface area contributed by atoms with Crippen LogP contribution in [0.2, 0.25) is 10.2 Å². The summed E-state index contributed by atoms with van der Waals surface area (Å²) in [7, 11) is 0. The first-order chi connectivity index (χ1) is 11.9. The number of anilines is 1. The molecule has 0 fully saturated rings. The lowest BCUT2D eigenvalue weighted by atomic mass is 10.1. The van der Waals surface area contributed by atoms with Crippen LogP contribution in [0.5, 0.6) is 0 Å². The molecule has 0 N–H and O–H groups in total. The number of nitrogens with zero attached hydrogens (tertiary/aromatic N) is 2. The fourth-order valence-electron chi connectivity index (χ4n) is 2.91. The van der Waals surface area contributed by atoms with Crippen molar-refractivity contribution in [3.8, 4) is 0 Å². The second-order valence-corrected chi connectivity index (χ2v) is 6.70. The second-order valence-electron chi connectivity index (χ2n) is 5.93. The van der Waals surface area contributed by atoms with Gasteiger partial charge >= 0.3 is 5.97 Å². The Labute approximate surface area is 155 Å². The Hall–Kier alpha value is -2.11. The second kappa shape index (κ2) is 7.02. The van der Waals surface area contributed by atoms with Gasteiger partial charge in [-0.1, -0.05) is 41.4 Å². The third-order valence-corrected chi connectivity index (χ3v) is 4.79. The molecule has 2 aromatic rings. The summed E-state index contributed by atoms with van der Waals surface area (Å²) in [6, 6.07) is 9.10. The van der Waals surface area contributed by atoms with Gasteiger partial charge in [0.1, 0.15) is 5.15 Å². The SMILES string of the molecule is C[C@H](OC(=O)c1cnc(Cl)c(Cl)c1)C(=O)N1c2ccccc2C[C@H]1C. The Bertz CT molecular complexity index is 841. The van der Waals surface area contributed by atoms with E-state index in [4.69, 9.17) is 27.9 Å². The Morgan fingerprint density at radius 2 is 2.04 bits per heavy atom. The summed E-state index contributed by atoms with van der Waals surface area (Å²) in [5.74, 6) is -0.939. The smallest absolute Gasteiger partial charge is 0.340 e. The van der Waals surface area contributed by atoms with Crippen molar-refractivity contribution in [1.29, 1.82) is 0 Å². The molecule has 1 aromatic carbocycles. The van der Waals surface area contributed by atoms with E-state index in [1.807, 2.05) is 31.2 Å². The van der Waals surface area contributed by atoms with Crippen molar-refractivity contribution < 1.29 is 14.3 Å². The van der Waals surface area contributed by atoms with Gasteiger partial charge in [0, 0.05) is 17.9 Å². The molecule has 0 unspecified atom stereocenters. The van der Waals surface area contributed by atoms with Gasteiger partial charge < -0.3 is 9.64 Å². The molecule has 0 spiro atoms. The number of hydrogen-bond acceptors (Lipinski definition) is 4. The van der Waals surface area contributed by atoms with Gasteiger partial charge in [-0.3, -0.25) is 4.79 Å². The molecule has 0 bridgehead atoms. The van der Waals surface area contributed by atoms with Gasteiger partial charge in [-0.2, -0.15) is 0 Å². The standard InChI is InChI=1S/C18H16Cl2N2O3/c1-10-7-12-5-3-4-6-15(12)22(10)17(23)11(2)25-18(24)13-8-14(19)16(20)21-9-13/h3-6,8-11H,7H2,1-2H3/t10-,11+/m1/s1. The first-order valence-corrected chi connectivity index (χ1v) is 8.57. The van der Waals surface area contributed by atoms with Gasteiger partial charge in [0.05, 0.1) is 10.6 Å². The molecular formula is C18H16Cl2N2O3. The van der Waals surface area contributed by atoms with E-state index < -0.39 is 12.1 Å². The number of halogens is 2. The molecule has 1 aliphatic heterocycles. The van der Waals surface area contributed by atoms with Crippen LogP contribution in [0.1, 0.15) is 29.8 Å². The highest BCUT2D eigenvalue weighted by Gasteiger charge is 2.34. The quantitative estimate of drug-likeness (QED) is 0.599. The number of ether oxygens (including phenoxy) is 1. The zero-order valence-electron chi connectivity index (χ0n) is 13.7. The van der Waals surface area contributed by atoms with Gasteiger partial charge in [0.25, 0.3) is 5.91 Å². The molecule has 2 heterocycles. The lowest BCUT2D eigenvalue weighted by Gasteiger charge is -2.25. The Kier molecular flexibility index (Phi) is 4.97. The van der Waals surface area contributed by atoms with E-state index in [0.29, 0.717) is 0 Å². The molecule has 1 aliphatic rings. The molecule has 3 rings (SSSR count). The van der Waals surface area contributed by atoms with Crippen LogP contribution in [0.4, 0.5) is 5.69 Å².